The predicted molar refractivity (Wildman–Crippen MR) is 70.8 cm³/mol. The maximum Gasteiger partial charge on any atom is 0.313 e. The van der Waals surface area contributed by atoms with Crippen molar-refractivity contribution in [1.29, 1.82) is 0 Å². The fraction of sp³-hybridized carbons (Fsp3) is 0.385. The summed E-state index contributed by atoms with van der Waals surface area (Å²) < 4.78 is 0. The summed E-state index contributed by atoms with van der Waals surface area (Å²) in [6, 6.07) is 4.25. The lowest BCUT2D eigenvalue weighted by Crippen LogP contribution is -2.43. The minimum absolute atomic E-state index is 0.102. The average Bonchev–Trinajstić information content (AvgIpc) is 2.38. The fourth-order valence-electron chi connectivity index (χ4n) is 1.45. The molecule has 1 rings (SSSR count). The monoisotopic (exact) mass is 266 g/mol. The topological polar surface area (TPSA) is 98.7 Å². The first-order valence-corrected chi connectivity index (χ1v) is 6.00. The third-order valence-electron chi connectivity index (χ3n) is 2.66. The first-order chi connectivity index (χ1) is 8.97. The van der Waals surface area contributed by atoms with Crippen molar-refractivity contribution >= 4 is 17.5 Å². The van der Waals surface area contributed by atoms with Gasteiger partial charge in [-0.05, 0) is 31.0 Å². The van der Waals surface area contributed by atoms with Gasteiger partial charge in [-0.15, -0.1) is 0 Å². The summed E-state index contributed by atoms with van der Waals surface area (Å²) in [6.07, 6.45) is 0.519. The minimum atomic E-state index is -0.883. The van der Waals surface area contributed by atoms with Gasteiger partial charge in [0.1, 0.15) is 5.75 Å². The van der Waals surface area contributed by atoms with Crippen molar-refractivity contribution in [3.8, 4) is 5.75 Å². The van der Waals surface area contributed by atoms with Crippen LogP contribution in [0.2, 0.25) is 0 Å². The van der Waals surface area contributed by atoms with Crippen LogP contribution in [-0.2, 0) is 9.59 Å². The molecule has 0 aliphatic rings. The third kappa shape index (κ3) is 4.26. The lowest BCUT2D eigenvalue weighted by atomic mass is 10.2. The lowest BCUT2D eigenvalue weighted by molar-refractivity contribution is -0.136. The van der Waals surface area contributed by atoms with E-state index in [4.69, 9.17) is 5.11 Å². The molecule has 19 heavy (non-hydrogen) atoms. The number of carbonyl (C=O) groups excluding carboxylic acids is 2. The van der Waals surface area contributed by atoms with Crippen molar-refractivity contribution in [2.24, 2.45) is 0 Å². The summed E-state index contributed by atoms with van der Waals surface area (Å²) in [6.45, 7) is 3.35. The minimum Gasteiger partial charge on any atom is -0.506 e. The number of hydrogen-bond donors (Lipinski definition) is 4. The van der Waals surface area contributed by atoms with Crippen LogP contribution in [-0.4, -0.2) is 34.7 Å². The number of phenols is 1. The molecule has 0 aliphatic carbocycles. The molecule has 0 aromatic heterocycles. The second-order valence-corrected chi connectivity index (χ2v) is 4.24. The van der Waals surface area contributed by atoms with Gasteiger partial charge in [-0.2, -0.15) is 0 Å². The van der Waals surface area contributed by atoms with Crippen LogP contribution in [0.15, 0.2) is 18.2 Å². The van der Waals surface area contributed by atoms with Gasteiger partial charge in [0.25, 0.3) is 0 Å². The highest BCUT2D eigenvalue weighted by Gasteiger charge is 2.18. The zero-order valence-corrected chi connectivity index (χ0v) is 10.9. The average molecular weight is 266 g/mol. The summed E-state index contributed by atoms with van der Waals surface area (Å²) >= 11 is 0. The molecule has 1 unspecified atom stereocenters. The van der Waals surface area contributed by atoms with Crippen LogP contribution in [0.3, 0.4) is 0 Å². The highest BCUT2D eigenvalue weighted by Crippen LogP contribution is 2.23. The number of aryl methyl sites for hydroxylation is 1. The number of phenolic OH excluding ortho intramolecular Hbond substituents is 1. The lowest BCUT2D eigenvalue weighted by Gasteiger charge is -2.14. The Balaban J connectivity index is 2.66. The molecule has 0 spiro atoms. The van der Waals surface area contributed by atoms with Gasteiger partial charge in [-0.3, -0.25) is 9.59 Å². The molecule has 0 bridgehead atoms. The van der Waals surface area contributed by atoms with E-state index in [1.54, 1.807) is 19.9 Å². The number of aliphatic hydroxyl groups excluding tert-OH is 1. The first kappa shape index (κ1) is 15.0. The van der Waals surface area contributed by atoms with E-state index in [2.05, 4.69) is 10.6 Å². The molecular weight excluding hydrogens is 248 g/mol. The normalized spacial score (nSPS) is 11.7. The number of rotatable bonds is 4. The zero-order chi connectivity index (χ0) is 14.4. The van der Waals surface area contributed by atoms with Gasteiger partial charge in [0, 0.05) is 0 Å². The standard InChI is InChI=1S/C13H18N2O4/c1-3-9(7-16)14-12(18)13(19)15-10-5-4-8(2)6-11(10)17/h4-6,9,16-17H,3,7H2,1-2H3,(H,14,18)(H,15,19). The molecule has 0 heterocycles. The van der Waals surface area contributed by atoms with E-state index in [0.29, 0.717) is 6.42 Å². The molecule has 0 aliphatic heterocycles. The number of aliphatic hydroxyl groups is 1. The molecular formula is C13H18N2O4. The summed E-state index contributed by atoms with van der Waals surface area (Å²) in [5.41, 5.74) is 1.01. The highest BCUT2D eigenvalue weighted by atomic mass is 16.3. The smallest absolute Gasteiger partial charge is 0.313 e. The van der Waals surface area contributed by atoms with E-state index in [1.807, 2.05) is 0 Å². The third-order valence-corrected chi connectivity index (χ3v) is 2.66. The van der Waals surface area contributed by atoms with Gasteiger partial charge in [0.2, 0.25) is 0 Å². The van der Waals surface area contributed by atoms with E-state index in [-0.39, 0.29) is 18.0 Å². The van der Waals surface area contributed by atoms with Crippen LogP contribution in [0.4, 0.5) is 5.69 Å². The van der Waals surface area contributed by atoms with Crippen molar-refractivity contribution in [3.05, 3.63) is 23.8 Å². The Kier molecular flexibility index (Phi) is 5.32. The molecule has 4 N–H and O–H groups in total. The molecule has 104 valence electrons. The zero-order valence-electron chi connectivity index (χ0n) is 10.9. The van der Waals surface area contributed by atoms with Crippen LogP contribution in [0.1, 0.15) is 18.9 Å². The van der Waals surface area contributed by atoms with Crippen molar-refractivity contribution in [2.75, 3.05) is 11.9 Å². The number of aromatic hydroxyl groups is 1. The van der Waals surface area contributed by atoms with Gasteiger partial charge < -0.3 is 20.8 Å². The highest BCUT2D eigenvalue weighted by molar-refractivity contribution is 6.39. The molecule has 1 aromatic carbocycles. The number of hydrogen-bond acceptors (Lipinski definition) is 4. The van der Waals surface area contributed by atoms with E-state index in [9.17, 15) is 14.7 Å². The Morgan fingerprint density at radius 3 is 2.53 bits per heavy atom. The van der Waals surface area contributed by atoms with Crippen LogP contribution >= 0.6 is 0 Å². The number of carbonyl (C=O) groups is 2. The maximum atomic E-state index is 11.6. The number of benzene rings is 1. The molecule has 2 amide bonds. The SMILES string of the molecule is CCC(CO)NC(=O)C(=O)Nc1ccc(C)cc1O. The van der Waals surface area contributed by atoms with Gasteiger partial charge in [0.05, 0.1) is 18.3 Å². The van der Waals surface area contributed by atoms with Crippen molar-refractivity contribution in [2.45, 2.75) is 26.3 Å². The molecule has 6 nitrogen and oxygen atoms in total. The van der Waals surface area contributed by atoms with Crippen LogP contribution in [0.25, 0.3) is 0 Å². The molecule has 0 radical (unpaired) electrons. The Hall–Kier alpha value is -2.08. The Morgan fingerprint density at radius 2 is 2.00 bits per heavy atom. The predicted octanol–water partition coefficient (Wildman–Crippen LogP) is 0.526. The first-order valence-electron chi connectivity index (χ1n) is 6.00. The van der Waals surface area contributed by atoms with E-state index >= 15 is 0 Å². The van der Waals surface area contributed by atoms with Gasteiger partial charge in [-0.1, -0.05) is 13.0 Å². The second-order valence-electron chi connectivity index (χ2n) is 4.24. The van der Waals surface area contributed by atoms with Crippen LogP contribution in [0, 0.1) is 6.92 Å². The van der Waals surface area contributed by atoms with Crippen molar-refractivity contribution in [1.82, 2.24) is 5.32 Å². The molecule has 0 saturated heterocycles. The van der Waals surface area contributed by atoms with Crippen LogP contribution < -0.4 is 10.6 Å². The molecule has 0 fully saturated rings. The fourth-order valence-corrected chi connectivity index (χ4v) is 1.45. The number of anilines is 1. The Labute approximate surface area is 111 Å². The molecule has 1 atom stereocenters. The molecule has 0 saturated carbocycles. The summed E-state index contributed by atoms with van der Waals surface area (Å²) in [4.78, 5) is 23.1. The van der Waals surface area contributed by atoms with Gasteiger partial charge >= 0.3 is 11.8 Å². The summed E-state index contributed by atoms with van der Waals surface area (Å²) in [7, 11) is 0. The Bertz CT molecular complexity index is 470. The number of nitrogens with one attached hydrogen (secondary N) is 2. The maximum absolute atomic E-state index is 11.6. The summed E-state index contributed by atoms with van der Waals surface area (Å²) in [5, 5.41) is 23.2. The largest absolute Gasteiger partial charge is 0.506 e. The van der Waals surface area contributed by atoms with Crippen molar-refractivity contribution < 1.29 is 19.8 Å². The Morgan fingerprint density at radius 1 is 1.32 bits per heavy atom. The van der Waals surface area contributed by atoms with Crippen LogP contribution in [0.5, 0.6) is 5.75 Å². The molecule has 6 heteroatoms. The van der Waals surface area contributed by atoms with E-state index < -0.39 is 17.9 Å². The van der Waals surface area contributed by atoms with Gasteiger partial charge in [-0.25, -0.2) is 0 Å². The van der Waals surface area contributed by atoms with Crippen molar-refractivity contribution in [3.63, 3.8) is 0 Å². The molecule has 1 aromatic rings. The van der Waals surface area contributed by atoms with E-state index in [1.165, 1.54) is 12.1 Å². The quantitative estimate of drug-likeness (QED) is 0.472. The van der Waals surface area contributed by atoms with E-state index in [0.717, 1.165) is 5.56 Å². The number of amides is 2. The van der Waals surface area contributed by atoms with Gasteiger partial charge in [0.15, 0.2) is 0 Å². The summed E-state index contributed by atoms with van der Waals surface area (Å²) in [5.74, 6) is -1.83. The second kappa shape index (κ2) is 6.75.